The minimum absolute atomic E-state index is 0.0521. The first-order valence-electron chi connectivity index (χ1n) is 6.98. The third-order valence-electron chi connectivity index (χ3n) is 3.55. The Morgan fingerprint density at radius 2 is 1.87 bits per heavy atom. The van der Waals surface area contributed by atoms with Crippen molar-refractivity contribution in [3.05, 3.63) is 34.1 Å². The Morgan fingerprint density at radius 1 is 1.26 bits per heavy atom. The molecule has 0 saturated carbocycles. The average molecular weight is 325 g/mol. The topological polar surface area (TPSA) is 93.0 Å². The number of nitro benzene ring substituents is 1. The predicted molar refractivity (Wildman–Crippen MR) is 77.4 cm³/mol. The van der Waals surface area contributed by atoms with E-state index in [2.05, 4.69) is 0 Å². The largest absolute Gasteiger partial charge is 0.477 e. The molecule has 124 valence electrons. The summed E-state index contributed by atoms with van der Waals surface area (Å²) in [5.41, 5.74) is -0.402. The van der Waals surface area contributed by atoms with Gasteiger partial charge in [0.1, 0.15) is 5.82 Å². The Bertz CT molecular complexity index is 629. The minimum Gasteiger partial charge on any atom is -0.477 e. The normalized spacial score (nSPS) is 14.5. The van der Waals surface area contributed by atoms with E-state index in [9.17, 15) is 24.1 Å². The Morgan fingerprint density at radius 3 is 2.43 bits per heavy atom. The van der Waals surface area contributed by atoms with Crippen LogP contribution in [0.5, 0.6) is 5.75 Å². The summed E-state index contributed by atoms with van der Waals surface area (Å²) in [6.07, 6.45) is 0. The van der Waals surface area contributed by atoms with Crippen LogP contribution in [0.3, 0.4) is 0 Å². The molecule has 2 rings (SSSR count). The standard InChI is InChI=1S/C14H16FN3O5/c1-10(19)16-4-6-17(7-5-16)14(20)9-23-13-8-11(15)2-3-12(13)18(21)22/h2-3,8H,4-7,9H2,1H3. The second-order valence-corrected chi connectivity index (χ2v) is 5.04. The van der Waals surface area contributed by atoms with Crippen molar-refractivity contribution in [2.75, 3.05) is 32.8 Å². The van der Waals surface area contributed by atoms with Crippen molar-refractivity contribution < 1.29 is 23.6 Å². The van der Waals surface area contributed by atoms with Gasteiger partial charge in [0.25, 0.3) is 5.91 Å². The Labute approximate surface area is 131 Å². The number of halogens is 1. The van der Waals surface area contributed by atoms with Gasteiger partial charge < -0.3 is 14.5 Å². The van der Waals surface area contributed by atoms with Crippen molar-refractivity contribution >= 4 is 17.5 Å². The first-order valence-corrected chi connectivity index (χ1v) is 6.98. The molecule has 1 fully saturated rings. The van der Waals surface area contributed by atoms with E-state index < -0.39 is 23.0 Å². The first kappa shape index (κ1) is 16.7. The molecule has 0 aromatic heterocycles. The fraction of sp³-hybridized carbons (Fsp3) is 0.429. The number of rotatable bonds is 4. The molecule has 0 spiro atoms. The molecule has 1 aromatic carbocycles. The fourth-order valence-electron chi connectivity index (χ4n) is 2.26. The molecule has 0 radical (unpaired) electrons. The lowest BCUT2D eigenvalue weighted by atomic mass is 10.3. The Hall–Kier alpha value is -2.71. The third kappa shape index (κ3) is 4.15. The molecule has 9 heteroatoms. The van der Waals surface area contributed by atoms with Gasteiger partial charge in [-0.3, -0.25) is 19.7 Å². The van der Waals surface area contributed by atoms with Gasteiger partial charge in [0.15, 0.2) is 6.61 Å². The number of hydrogen-bond acceptors (Lipinski definition) is 5. The first-order chi connectivity index (χ1) is 10.9. The number of hydrogen-bond donors (Lipinski definition) is 0. The summed E-state index contributed by atoms with van der Waals surface area (Å²) in [6, 6.07) is 2.81. The number of carbonyl (C=O) groups is 2. The van der Waals surface area contributed by atoms with Gasteiger partial charge in [0.2, 0.25) is 11.7 Å². The molecular formula is C14H16FN3O5. The van der Waals surface area contributed by atoms with Gasteiger partial charge in [0.05, 0.1) is 4.92 Å². The molecule has 1 aromatic rings. The SMILES string of the molecule is CC(=O)N1CCN(C(=O)COc2cc(F)ccc2[N+](=O)[O-])CC1. The van der Waals surface area contributed by atoms with Crippen LogP contribution in [-0.4, -0.2) is 59.3 Å². The van der Waals surface area contributed by atoms with Gasteiger partial charge in [-0.15, -0.1) is 0 Å². The number of ether oxygens (including phenoxy) is 1. The summed E-state index contributed by atoms with van der Waals surface area (Å²) in [7, 11) is 0. The van der Waals surface area contributed by atoms with Crippen LogP contribution in [0.4, 0.5) is 10.1 Å². The summed E-state index contributed by atoms with van der Waals surface area (Å²) < 4.78 is 18.3. The smallest absolute Gasteiger partial charge is 0.311 e. The number of piperazine rings is 1. The van der Waals surface area contributed by atoms with E-state index in [0.29, 0.717) is 26.2 Å². The van der Waals surface area contributed by atoms with Crippen molar-refractivity contribution in [3.8, 4) is 5.75 Å². The molecule has 1 saturated heterocycles. The highest BCUT2D eigenvalue weighted by Gasteiger charge is 2.24. The second kappa shape index (κ2) is 7.03. The zero-order valence-electron chi connectivity index (χ0n) is 12.5. The molecule has 1 heterocycles. The van der Waals surface area contributed by atoms with Crippen molar-refractivity contribution in [1.29, 1.82) is 0 Å². The Kier molecular flexibility index (Phi) is 5.09. The van der Waals surface area contributed by atoms with E-state index in [-0.39, 0.29) is 17.6 Å². The molecule has 0 N–H and O–H groups in total. The molecule has 0 unspecified atom stereocenters. The van der Waals surface area contributed by atoms with Crippen LogP contribution in [0.2, 0.25) is 0 Å². The van der Waals surface area contributed by atoms with Crippen molar-refractivity contribution in [2.24, 2.45) is 0 Å². The maximum atomic E-state index is 13.2. The van der Waals surface area contributed by atoms with Crippen LogP contribution in [0.15, 0.2) is 18.2 Å². The van der Waals surface area contributed by atoms with E-state index in [1.807, 2.05) is 0 Å². The molecule has 2 amide bonds. The lowest BCUT2D eigenvalue weighted by Gasteiger charge is -2.34. The van der Waals surface area contributed by atoms with E-state index in [1.54, 1.807) is 4.90 Å². The maximum absolute atomic E-state index is 13.2. The lowest BCUT2D eigenvalue weighted by Crippen LogP contribution is -2.51. The van der Waals surface area contributed by atoms with Gasteiger partial charge in [-0.05, 0) is 6.07 Å². The van der Waals surface area contributed by atoms with Gasteiger partial charge in [-0.2, -0.15) is 0 Å². The average Bonchev–Trinajstić information content (AvgIpc) is 2.52. The molecule has 23 heavy (non-hydrogen) atoms. The summed E-state index contributed by atoms with van der Waals surface area (Å²) in [5.74, 6) is -1.39. The Balaban J connectivity index is 1.94. The second-order valence-electron chi connectivity index (χ2n) is 5.04. The molecule has 1 aliphatic heterocycles. The molecule has 8 nitrogen and oxygen atoms in total. The monoisotopic (exact) mass is 325 g/mol. The lowest BCUT2D eigenvalue weighted by molar-refractivity contribution is -0.385. The van der Waals surface area contributed by atoms with Crippen molar-refractivity contribution in [3.63, 3.8) is 0 Å². The van der Waals surface area contributed by atoms with Crippen molar-refractivity contribution in [1.82, 2.24) is 9.80 Å². The number of nitro groups is 1. The number of carbonyl (C=O) groups excluding carboxylic acids is 2. The van der Waals surface area contributed by atoms with E-state index in [4.69, 9.17) is 4.74 Å². The van der Waals surface area contributed by atoms with E-state index in [0.717, 1.165) is 18.2 Å². The summed E-state index contributed by atoms with van der Waals surface area (Å²) in [5, 5.41) is 10.8. The van der Waals surface area contributed by atoms with Crippen LogP contribution >= 0.6 is 0 Å². The summed E-state index contributed by atoms with van der Waals surface area (Å²) >= 11 is 0. The molecular weight excluding hydrogens is 309 g/mol. The number of amides is 2. The van der Waals surface area contributed by atoms with Gasteiger partial charge in [0, 0.05) is 45.2 Å². The van der Waals surface area contributed by atoms with Crippen LogP contribution in [0.25, 0.3) is 0 Å². The zero-order chi connectivity index (χ0) is 17.0. The van der Waals surface area contributed by atoms with Crippen LogP contribution in [0, 0.1) is 15.9 Å². The highest BCUT2D eigenvalue weighted by atomic mass is 19.1. The summed E-state index contributed by atoms with van der Waals surface area (Å²) in [4.78, 5) is 36.5. The van der Waals surface area contributed by atoms with E-state index in [1.165, 1.54) is 11.8 Å². The fourth-order valence-corrected chi connectivity index (χ4v) is 2.26. The van der Waals surface area contributed by atoms with E-state index >= 15 is 0 Å². The zero-order valence-corrected chi connectivity index (χ0v) is 12.5. The van der Waals surface area contributed by atoms with Crippen molar-refractivity contribution in [2.45, 2.75) is 6.92 Å². The third-order valence-corrected chi connectivity index (χ3v) is 3.55. The van der Waals surface area contributed by atoms with Crippen LogP contribution in [-0.2, 0) is 9.59 Å². The minimum atomic E-state index is -0.703. The molecule has 1 aliphatic rings. The number of nitrogens with zero attached hydrogens (tertiary/aromatic N) is 3. The summed E-state index contributed by atoms with van der Waals surface area (Å²) in [6.45, 7) is 2.64. The van der Waals surface area contributed by atoms with Gasteiger partial charge in [-0.25, -0.2) is 4.39 Å². The number of benzene rings is 1. The maximum Gasteiger partial charge on any atom is 0.311 e. The van der Waals surface area contributed by atoms with Gasteiger partial charge in [-0.1, -0.05) is 0 Å². The highest BCUT2D eigenvalue weighted by Crippen LogP contribution is 2.27. The van der Waals surface area contributed by atoms with Gasteiger partial charge >= 0.3 is 5.69 Å². The van der Waals surface area contributed by atoms with Crippen LogP contribution in [0.1, 0.15) is 6.92 Å². The molecule has 0 atom stereocenters. The molecule has 0 bridgehead atoms. The predicted octanol–water partition coefficient (Wildman–Crippen LogP) is 0.803. The molecule has 0 aliphatic carbocycles. The quantitative estimate of drug-likeness (QED) is 0.603. The van der Waals surface area contributed by atoms with Crippen LogP contribution < -0.4 is 4.74 Å². The highest BCUT2D eigenvalue weighted by molar-refractivity contribution is 5.79.